The minimum atomic E-state index is -3.00. The van der Waals surface area contributed by atoms with Gasteiger partial charge in [0.1, 0.15) is 11.6 Å². The van der Waals surface area contributed by atoms with Gasteiger partial charge in [-0.25, -0.2) is 4.98 Å². The number of nitrogens with zero attached hydrogens (tertiary/aromatic N) is 2. The SMILES string of the molecule is [2H]c1cc2nc(C)n(C3([2H])C(=O)CC(=O)C([2H])C3([2H])[2H])c(=O)c2c(N)c1[2H]. The number of benzene rings is 1. The van der Waals surface area contributed by atoms with Crippen molar-refractivity contribution in [2.24, 2.45) is 0 Å². The summed E-state index contributed by atoms with van der Waals surface area (Å²) in [5.41, 5.74) is 4.32. The van der Waals surface area contributed by atoms with Crippen molar-refractivity contribution in [3.63, 3.8) is 0 Å². The number of hydrogen-bond donors (Lipinski definition) is 1. The summed E-state index contributed by atoms with van der Waals surface area (Å²) in [5.74, 6) is -2.36. The predicted molar refractivity (Wildman–Crippen MR) is 78.1 cm³/mol. The summed E-state index contributed by atoms with van der Waals surface area (Å²) in [6, 6.07) is -2.48. The van der Waals surface area contributed by atoms with Gasteiger partial charge >= 0.3 is 0 Å². The molecule has 0 spiro atoms. The Balaban J connectivity index is 2.46. The first-order chi connectivity index (χ1) is 12.4. The number of ketones is 2. The molecule has 1 fully saturated rings. The van der Waals surface area contributed by atoms with Gasteiger partial charge in [-0.3, -0.25) is 19.0 Å². The largest absolute Gasteiger partial charge is 0.398 e. The van der Waals surface area contributed by atoms with Crippen molar-refractivity contribution >= 4 is 28.2 Å². The van der Waals surface area contributed by atoms with E-state index < -0.39 is 48.4 Å². The molecule has 1 heterocycles. The lowest BCUT2D eigenvalue weighted by atomic mass is 9.92. The normalized spacial score (nSPS) is 32.7. The molecule has 0 radical (unpaired) electrons. The zero-order valence-electron chi connectivity index (χ0n) is 17.1. The summed E-state index contributed by atoms with van der Waals surface area (Å²) in [6.45, 7) is 1.27. The Morgan fingerprint density at radius 2 is 2.29 bits per heavy atom. The molecule has 0 saturated heterocycles. The number of rotatable bonds is 1. The number of nitrogens with two attached hydrogens (primary N) is 1. The molecule has 0 aliphatic heterocycles. The summed E-state index contributed by atoms with van der Waals surface area (Å²) in [4.78, 5) is 41.4. The molecule has 2 unspecified atom stereocenters. The average molecular weight is 291 g/mol. The van der Waals surface area contributed by atoms with Crippen molar-refractivity contribution in [3.8, 4) is 0 Å². The Labute approximate surface area is 129 Å². The van der Waals surface area contributed by atoms with E-state index in [1.54, 1.807) is 0 Å². The summed E-state index contributed by atoms with van der Waals surface area (Å²) >= 11 is 0. The van der Waals surface area contributed by atoms with Crippen LogP contribution in [0.15, 0.2) is 22.9 Å². The summed E-state index contributed by atoms with van der Waals surface area (Å²) in [7, 11) is 0. The molecule has 1 aliphatic carbocycles. The zero-order valence-corrected chi connectivity index (χ0v) is 11.1. The number of carbonyl (C=O) groups excluding carboxylic acids is 2. The number of aromatic nitrogens is 2. The third-order valence-corrected chi connectivity index (χ3v) is 3.16. The van der Waals surface area contributed by atoms with Gasteiger partial charge in [-0.05, 0) is 25.4 Å². The Kier molecular flexibility index (Phi) is 1.84. The van der Waals surface area contributed by atoms with Crippen LogP contribution in [0.2, 0.25) is 0 Å². The van der Waals surface area contributed by atoms with Gasteiger partial charge in [0.25, 0.3) is 5.56 Å². The molecular weight excluding hydrogens is 270 g/mol. The highest BCUT2D eigenvalue weighted by atomic mass is 16.2. The van der Waals surface area contributed by atoms with Crippen molar-refractivity contribution in [2.45, 2.75) is 32.1 Å². The van der Waals surface area contributed by atoms with Gasteiger partial charge in [0, 0.05) is 16.2 Å². The molecule has 0 amide bonds. The van der Waals surface area contributed by atoms with Crippen LogP contribution in [-0.4, -0.2) is 21.1 Å². The number of hydrogen-bond acceptors (Lipinski definition) is 5. The van der Waals surface area contributed by atoms with Crippen LogP contribution >= 0.6 is 0 Å². The number of nitrogen functional groups attached to an aromatic ring is 1. The fraction of sp³-hybridized carbons (Fsp3) is 0.333. The van der Waals surface area contributed by atoms with Crippen LogP contribution in [0.1, 0.15) is 39.3 Å². The van der Waals surface area contributed by atoms with E-state index in [1.165, 1.54) is 6.92 Å². The van der Waals surface area contributed by atoms with E-state index in [1.807, 2.05) is 0 Å². The Morgan fingerprint density at radius 1 is 1.52 bits per heavy atom. The molecule has 2 N–H and O–H groups in total. The fourth-order valence-corrected chi connectivity index (χ4v) is 2.23. The lowest BCUT2D eigenvalue weighted by molar-refractivity contribution is -0.132. The van der Waals surface area contributed by atoms with Crippen molar-refractivity contribution < 1.29 is 17.8 Å². The van der Waals surface area contributed by atoms with Crippen LogP contribution in [0.25, 0.3) is 10.9 Å². The Hall–Kier alpha value is -2.50. The third kappa shape index (κ3) is 2.12. The van der Waals surface area contributed by atoms with Gasteiger partial charge < -0.3 is 5.73 Å². The minimum Gasteiger partial charge on any atom is -0.398 e. The molecule has 6 heteroatoms. The first-order valence-electron chi connectivity index (χ1n) is 9.21. The van der Waals surface area contributed by atoms with Gasteiger partial charge in [0.15, 0.2) is 5.78 Å². The van der Waals surface area contributed by atoms with Crippen LogP contribution < -0.4 is 11.3 Å². The Bertz CT molecular complexity index is 1080. The van der Waals surface area contributed by atoms with E-state index >= 15 is 0 Å². The number of Topliss-reactive ketones (excluding diaryl/α,β-unsaturated/α-hetero) is 2. The van der Waals surface area contributed by atoms with Crippen LogP contribution in [0.3, 0.4) is 0 Å². The van der Waals surface area contributed by atoms with Crippen molar-refractivity contribution in [1.82, 2.24) is 9.55 Å². The van der Waals surface area contributed by atoms with Gasteiger partial charge in [0.2, 0.25) is 0 Å². The topological polar surface area (TPSA) is 95.0 Å². The maximum absolute atomic E-state index is 13.1. The number of aryl methyl sites for hydroxylation is 1. The second-order valence-corrected chi connectivity index (χ2v) is 4.59. The highest BCUT2D eigenvalue weighted by molar-refractivity contribution is 6.03. The first kappa shape index (κ1) is 8.07. The van der Waals surface area contributed by atoms with Crippen molar-refractivity contribution in [2.75, 3.05) is 5.73 Å². The monoisotopic (exact) mass is 291 g/mol. The lowest BCUT2D eigenvalue weighted by Gasteiger charge is -2.24. The molecule has 21 heavy (non-hydrogen) atoms. The highest BCUT2D eigenvalue weighted by Gasteiger charge is 2.30. The maximum atomic E-state index is 13.1. The summed E-state index contributed by atoms with van der Waals surface area (Å²) in [5, 5.41) is -0.324. The zero-order chi connectivity index (χ0) is 20.5. The number of anilines is 1. The molecule has 1 aliphatic rings. The molecule has 3 rings (SSSR count). The maximum Gasteiger partial charge on any atom is 0.264 e. The highest BCUT2D eigenvalue weighted by Crippen LogP contribution is 2.24. The standard InChI is InChI=1S/C15H15N3O3/c1-8-17-11-4-2-3-10(16)14(11)15(21)18(8)12-6-5-9(19)7-13(12)20/h2-4,12H,5-7,16H2,1H3/i2D,3D,5D,6D2,12D. The minimum absolute atomic E-state index is 0.0295. The fourth-order valence-electron chi connectivity index (χ4n) is 2.23. The van der Waals surface area contributed by atoms with Gasteiger partial charge in [-0.2, -0.15) is 0 Å². The summed E-state index contributed by atoms with van der Waals surface area (Å²) in [6.07, 6.45) is -5.89. The predicted octanol–water partition coefficient (Wildman–Crippen LogP) is 1.15. The van der Waals surface area contributed by atoms with Crippen molar-refractivity contribution in [1.29, 1.82) is 0 Å². The smallest absolute Gasteiger partial charge is 0.264 e. The number of fused-ring (bicyclic) bond motifs is 1. The van der Waals surface area contributed by atoms with Gasteiger partial charge in [0.05, 0.1) is 27.5 Å². The third-order valence-electron chi connectivity index (χ3n) is 3.16. The molecule has 6 nitrogen and oxygen atoms in total. The molecule has 1 aromatic carbocycles. The second-order valence-electron chi connectivity index (χ2n) is 4.59. The van der Waals surface area contributed by atoms with Crippen LogP contribution in [0.4, 0.5) is 5.69 Å². The van der Waals surface area contributed by atoms with E-state index in [0.717, 1.165) is 6.07 Å². The molecule has 108 valence electrons. The van der Waals surface area contributed by atoms with E-state index in [2.05, 4.69) is 4.98 Å². The lowest BCUT2D eigenvalue weighted by Crippen LogP contribution is -2.36. The van der Waals surface area contributed by atoms with Gasteiger partial charge in [-0.1, -0.05) is 6.04 Å². The molecule has 1 aromatic heterocycles. The molecule has 0 bridgehead atoms. The quantitative estimate of drug-likeness (QED) is 0.628. The summed E-state index contributed by atoms with van der Waals surface area (Å²) < 4.78 is 48.4. The molecular formula is C15H15N3O3. The van der Waals surface area contributed by atoms with Crippen LogP contribution in [0.5, 0.6) is 0 Å². The molecule has 2 atom stereocenters. The first-order valence-corrected chi connectivity index (χ1v) is 6.13. The van der Waals surface area contributed by atoms with E-state index in [4.69, 9.17) is 14.0 Å². The van der Waals surface area contributed by atoms with E-state index in [-0.39, 0.29) is 28.5 Å². The van der Waals surface area contributed by atoms with E-state index in [0.29, 0.717) is 4.57 Å². The number of carbonyl (C=O) groups is 2. The molecule has 1 saturated carbocycles. The second kappa shape index (κ2) is 4.80. The Morgan fingerprint density at radius 3 is 3.05 bits per heavy atom. The van der Waals surface area contributed by atoms with Crippen molar-refractivity contribution in [3.05, 3.63) is 34.3 Å². The van der Waals surface area contributed by atoms with E-state index in [9.17, 15) is 14.4 Å². The van der Waals surface area contributed by atoms with Gasteiger partial charge in [-0.15, -0.1) is 0 Å². The van der Waals surface area contributed by atoms with Crippen LogP contribution in [-0.2, 0) is 9.59 Å². The average Bonchev–Trinajstić information content (AvgIpc) is 2.56. The van der Waals surface area contributed by atoms with Crippen LogP contribution in [0, 0.1) is 6.92 Å². The molecule has 2 aromatic rings.